The number of carbonyl (C=O) groups excluding carboxylic acids is 2. The van der Waals surface area contributed by atoms with Gasteiger partial charge in [-0.1, -0.05) is 0 Å². The van der Waals surface area contributed by atoms with Crippen molar-refractivity contribution in [2.24, 2.45) is 0 Å². The second-order valence-corrected chi connectivity index (χ2v) is 4.85. The molecule has 0 bridgehead atoms. The summed E-state index contributed by atoms with van der Waals surface area (Å²) in [5, 5.41) is 3.23. The van der Waals surface area contributed by atoms with Crippen LogP contribution in [0.4, 0.5) is 32.0 Å². The van der Waals surface area contributed by atoms with E-state index in [1.54, 1.807) is 5.32 Å². The topological polar surface area (TPSA) is 76.7 Å². The second-order valence-electron chi connectivity index (χ2n) is 4.85. The molecule has 0 heterocycles. The average Bonchev–Trinajstić information content (AvgIpc) is 2.45. The Morgan fingerprint density at radius 3 is 1.96 bits per heavy atom. The highest BCUT2D eigenvalue weighted by Crippen LogP contribution is 2.34. The predicted octanol–water partition coefficient (Wildman–Crippen LogP) is 2.95. The van der Waals surface area contributed by atoms with Crippen LogP contribution in [0.25, 0.3) is 0 Å². The standard InChI is InChI=1S/C14H14F6N2O4/c1-3-25-11(24)12(13(15,16)17,21-8(2)23)22-9-4-6-10(7-5-9)26-14(18,19)20/h4-7,22H,3H2,1-2H3,(H,21,23). The first-order valence-electron chi connectivity index (χ1n) is 6.97. The highest BCUT2D eigenvalue weighted by Gasteiger charge is 2.63. The lowest BCUT2D eigenvalue weighted by molar-refractivity contribution is -0.274. The van der Waals surface area contributed by atoms with E-state index in [9.17, 15) is 35.9 Å². The number of halogens is 6. The summed E-state index contributed by atoms with van der Waals surface area (Å²) in [5.74, 6) is -3.71. The van der Waals surface area contributed by atoms with Crippen LogP contribution < -0.4 is 15.4 Å². The van der Waals surface area contributed by atoms with Crippen LogP contribution in [0.3, 0.4) is 0 Å². The molecule has 26 heavy (non-hydrogen) atoms. The van der Waals surface area contributed by atoms with Gasteiger partial charge < -0.3 is 20.1 Å². The number of anilines is 1. The van der Waals surface area contributed by atoms with Crippen molar-refractivity contribution < 1.29 is 45.4 Å². The molecular formula is C14H14F6N2O4. The molecular weight excluding hydrogens is 374 g/mol. The maximum Gasteiger partial charge on any atom is 0.573 e. The molecule has 1 atom stereocenters. The normalized spacial score (nSPS) is 14.2. The molecule has 1 rings (SSSR count). The van der Waals surface area contributed by atoms with Crippen molar-refractivity contribution in [3.05, 3.63) is 24.3 Å². The van der Waals surface area contributed by atoms with Crippen molar-refractivity contribution in [3.8, 4) is 5.75 Å². The number of hydrogen-bond acceptors (Lipinski definition) is 5. The van der Waals surface area contributed by atoms with Gasteiger partial charge in [0.25, 0.3) is 0 Å². The van der Waals surface area contributed by atoms with Crippen LogP contribution in [0.5, 0.6) is 5.75 Å². The Morgan fingerprint density at radius 2 is 1.58 bits per heavy atom. The molecule has 0 fully saturated rings. The third-order valence-electron chi connectivity index (χ3n) is 2.79. The predicted molar refractivity (Wildman–Crippen MR) is 76.0 cm³/mol. The van der Waals surface area contributed by atoms with Crippen LogP contribution >= 0.6 is 0 Å². The summed E-state index contributed by atoms with van der Waals surface area (Å²) in [6, 6.07) is 3.08. The van der Waals surface area contributed by atoms with Gasteiger partial charge in [-0.15, -0.1) is 13.2 Å². The van der Waals surface area contributed by atoms with E-state index in [0.717, 1.165) is 31.2 Å². The van der Waals surface area contributed by atoms with Crippen LogP contribution in [0.15, 0.2) is 24.3 Å². The molecule has 1 amide bonds. The summed E-state index contributed by atoms with van der Waals surface area (Å²) in [4.78, 5) is 23.1. The Balaban J connectivity index is 3.23. The Bertz CT molecular complexity index is 644. The first-order valence-corrected chi connectivity index (χ1v) is 6.97. The van der Waals surface area contributed by atoms with E-state index in [4.69, 9.17) is 0 Å². The van der Waals surface area contributed by atoms with Crippen LogP contribution in [0.2, 0.25) is 0 Å². The fraction of sp³-hybridized carbons (Fsp3) is 0.429. The lowest BCUT2D eigenvalue weighted by atomic mass is 10.1. The van der Waals surface area contributed by atoms with E-state index in [0.29, 0.717) is 0 Å². The van der Waals surface area contributed by atoms with Gasteiger partial charge in [0.15, 0.2) is 0 Å². The van der Waals surface area contributed by atoms with Crippen molar-refractivity contribution in [2.75, 3.05) is 11.9 Å². The molecule has 0 aromatic heterocycles. The van der Waals surface area contributed by atoms with Crippen molar-refractivity contribution in [1.82, 2.24) is 5.32 Å². The number of alkyl halides is 6. The minimum Gasteiger partial charge on any atom is -0.463 e. The molecule has 0 aliphatic rings. The zero-order chi connectivity index (χ0) is 20.2. The van der Waals surface area contributed by atoms with Crippen LogP contribution in [0, 0.1) is 0 Å². The SMILES string of the molecule is CCOC(=O)C(NC(C)=O)(Nc1ccc(OC(F)(F)F)cc1)C(F)(F)F. The summed E-state index contributed by atoms with van der Waals surface area (Å²) < 4.78 is 84.9. The van der Waals surface area contributed by atoms with Crippen molar-refractivity contribution in [2.45, 2.75) is 32.0 Å². The molecule has 146 valence electrons. The molecule has 6 nitrogen and oxygen atoms in total. The molecule has 0 saturated carbocycles. The quantitative estimate of drug-likeness (QED) is 0.445. The van der Waals surface area contributed by atoms with E-state index < -0.39 is 48.1 Å². The summed E-state index contributed by atoms with van der Waals surface area (Å²) in [7, 11) is 0. The van der Waals surface area contributed by atoms with E-state index in [1.807, 2.05) is 0 Å². The average molecular weight is 388 g/mol. The Morgan fingerprint density at radius 1 is 1.04 bits per heavy atom. The summed E-state index contributed by atoms with van der Waals surface area (Å²) in [6.07, 6.45) is -10.3. The van der Waals surface area contributed by atoms with Gasteiger partial charge >= 0.3 is 24.2 Å². The number of benzene rings is 1. The monoisotopic (exact) mass is 388 g/mol. The molecule has 1 aromatic carbocycles. The van der Waals surface area contributed by atoms with Crippen LogP contribution in [-0.4, -0.2) is 36.7 Å². The molecule has 0 aliphatic carbocycles. The molecule has 0 saturated heterocycles. The van der Waals surface area contributed by atoms with E-state index in [-0.39, 0.29) is 0 Å². The van der Waals surface area contributed by atoms with Crippen molar-refractivity contribution >= 4 is 17.6 Å². The van der Waals surface area contributed by atoms with Gasteiger partial charge in [0.05, 0.1) is 6.61 Å². The fourth-order valence-corrected chi connectivity index (χ4v) is 1.85. The minimum absolute atomic E-state index is 0.406. The van der Waals surface area contributed by atoms with Gasteiger partial charge in [-0.3, -0.25) is 4.79 Å². The fourth-order valence-electron chi connectivity index (χ4n) is 1.85. The minimum atomic E-state index is -5.33. The molecule has 2 N–H and O–H groups in total. The van der Waals surface area contributed by atoms with Crippen LogP contribution in [-0.2, 0) is 14.3 Å². The maximum absolute atomic E-state index is 13.5. The highest BCUT2D eigenvalue weighted by atomic mass is 19.4. The van der Waals surface area contributed by atoms with Gasteiger partial charge in [-0.2, -0.15) is 13.2 Å². The lowest BCUT2D eigenvalue weighted by Crippen LogP contribution is -2.69. The third kappa shape index (κ3) is 5.43. The molecule has 0 aliphatic heterocycles. The van der Waals surface area contributed by atoms with Gasteiger partial charge in [0.1, 0.15) is 5.75 Å². The number of rotatable bonds is 6. The van der Waals surface area contributed by atoms with Crippen molar-refractivity contribution in [3.63, 3.8) is 0 Å². The number of amides is 1. The molecule has 0 spiro atoms. The number of hydrogen-bond donors (Lipinski definition) is 2. The highest BCUT2D eigenvalue weighted by molar-refractivity contribution is 5.90. The smallest absolute Gasteiger partial charge is 0.463 e. The largest absolute Gasteiger partial charge is 0.573 e. The lowest BCUT2D eigenvalue weighted by Gasteiger charge is -2.35. The van der Waals surface area contributed by atoms with Crippen LogP contribution in [0.1, 0.15) is 13.8 Å². The molecule has 1 aromatic rings. The number of esters is 1. The first-order chi connectivity index (χ1) is 11.8. The van der Waals surface area contributed by atoms with Gasteiger partial charge in [0.2, 0.25) is 5.91 Å². The summed E-state index contributed by atoms with van der Waals surface area (Å²) >= 11 is 0. The molecule has 12 heteroatoms. The number of ether oxygens (including phenoxy) is 2. The van der Waals surface area contributed by atoms with Gasteiger partial charge in [-0.25, -0.2) is 4.79 Å². The Hall–Kier alpha value is -2.66. The van der Waals surface area contributed by atoms with E-state index in [1.165, 1.54) is 12.2 Å². The van der Waals surface area contributed by atoms with E-state index >= 15 is 0 Å². The summed E-state index contributed by atoms with van der Waals surface area (Å²) in [6.45, 7) is 1.61. The Kier molecular flexibility index (Phi) is 6.34. The van der Waals surface area contributed by atoms with Gasteiger partial charge in [-0.05, 0) is 31.2 Å². The van der Waals surface area contributed by atoms with Crippen molar-refractivity contribution in [1.29, 1.82) is 0 Å². The second kappa shape index (κ2) is 7.70. The first kappa shape index (κ1) is 21.4. The molecule has 0 radical (unpaired) electrons. The maximum atomic E-state index is 13.5. The summed E-state index contributed by atoms with van der Waals surface area (Å²) in [5.41, 5.74) is -4.04. The number of carbonyl (C=O) groups is 2. The third-order valence-corrected chi connectivity index (χ3v) is 2.79. The Labute approximate surface area is 143 Å². The number of nitrogens with one attached hydrogen (secondary N) is 2. The van der Waals surface area contributed by atoms with E-state index in [2.05, 4.69) is 9.47 Å². The zero-order valence-corrected chi connectivity index (χ0v) is 13.4. The van der Waals surface area contributed by atoms with Gasteiger partial charge in [0, 0.05) is 12.6 Å². The zero-order valence-electron chi connectivity index (χ0n) is 13.4. The molecule has 1 unspecified atom stereocenters.